The maximum Gasteiger partial charge on any atom is 0.255 e. The third-order valence-electron chi connectivity index (χ3n) is 5.73. The zero-order chi connectivity index (χ0) is 22.8. The lowest BCUT2D eigenvalue weighted by atomic mass is 10.1. The van der Waals surface area contributed by atoms with E-state index in [0.29, 0.717) is 11.1 Å². The third-order valence-corrected chi connectivity index (χ3v) is 5.73. The smallest absolute Gasteiger partial charge is 0.255 e. The largest absolute Gasteiger partial charge is 0.378 e. The summed E-state index contributed by atoms with van der Waals surface area (Å²) in [6.45, 7) is 3.20. The van der Waals surface area contributed by atoms with Crippen molar-refractivity contribution < 1.29 is 14.3 Å². The predicted octanol–water partition coefficient (Wildman–Crippen LogP) is 3.21. The Kier molecular flexibility index (Phi) is 5.50. The number of amides is 2. The van der Waals surface area contributed by atoms with Gasteiger partial charge in [0.2, 0.25) is 5.91 Å². The standard InChI is InChI=1S/C25H23N5O3/c26-24(31)18-1-2-19-16-27-30(23(19)15-18)22-7-3-17(4-8-22)25(32)28-20-5-9-21(10-6-20)29-11-13-33-14-12-29/h1-10,15-16H,11-14H2,(H2,26,31)(H,28,32). The van der Waals surface area contributed by atoms with E-state index in [-0.39, 0.29) is 5.91 Å². The Morgan fingerprint density at radius 2 is 1.55 bits per heavy atom. The van der Waals surface area contributed by atoms with Crippen LogP contribution in [0.2, 0.25) is 0 Å². The molecule has 1 fully saturated rings. The Balaban J connectivity index is 1.30. The van der Waals surface area contributed by atoms with Gasteiger partial charge in [0.05, 0.1) is 30.6 Å². The minimum atomic E-state index is -0.491. The molecule has 0 radical (unpaired) electrons. The van der Waals surface area contributed by atoms with E-state index < -0.39 is 5.91 Å². The molecule has 8 heteroatoms. The number of carbonyl (C=O) groups is 2. The van der Waals surface area contributed by atoms with Crippen molar-refractivity contribution in [3.05, 3.63) is 84.1 Å². The second-order valence-corrected chi connectivity index (χ2v) is 7.84. The van der Waals surface area contributed by atoms with Gasteiger partial charge in [-0.3, -0.25) is 9.59 Å². The van der Waals surface area contributed by atoms with Gasteiger partial charge < -0.3 is 20.7 Å². The lowest BCUT2D eigenvalue weighted by molar-refractivity contribution is 0.0997. The van der Waals surface area contributed by atoms with Gasteiger partial charge in [-0.25, -0.2) is 4.68 Å². The number of benzene rings is 3. The Morgan fingerprint density at radius 3 is 2.24 bits per heavy atom. The summed E-state index contributed by atoms with van der Waals surface area (Å²) in [5.74, 6) is -0.684. The molecular weight excluding hydrogens is 418 g/mol. The molecule has 0 spiro atoms. The molecule has 8 nitrogen and oxygen atoms in total. The Labute approximate surface area is 190 Å². The van der Waals surface area contributed by atoms with E-state index >= 15 is 0 Å². The molecule has 0 bridgehead atoms. The quantitative estimate of drug-likeness (QED) is 0.495. The van der Waals surface area contributed by atoms with Crippen molar-refractivity contribution in [3.8, 4) is 5.69 Å². The van der Waals surface area contributed by atoms with E-state index in [1.807, 2.05) is 42.5 Å². The molecule has 1 saturated heterocycles. The number of hydrogen-bond acceptors (Lipinski definition) is 5. The van der Waals surface area contributed by atoms with Crippen LogP contribution >= 0.6 is 0 Å². The van der Waals surface area contributed by atoms with Gasteiger partial charge in [0, 0.05) is 41.0 Å². The first-order chi connectivity index (χ1) is 16.1. The topological polar surface area (TPSA) is 102 Å². The first-order valence-electron chi connectivity index (χ1n) is 10.7. The van der Waals surface area contributed by atoms with Crippen molar-refractivity contribution in [2.45, 2.75) is 0 Å². The first-order valence-corrected chi connectivity index (χ1v) is 10.7. The van der Waals surface area contributed by atoms with Crippen molar-refractivity contribution in [2.24, 2.45) is 5.73 Å². The number of hydrogen-bond donors (Lipinski definition) is 2. The molecule has 1 aromatic heterocycles. The molecule has 0 unspecified atom stereocenters. The van der Waals surface area contributed by atoms with E-state index in [0.717, 1.165) is 54.3 Å². The van der Waals surface area contributed by atoms with Gasteiger partial charge in [0.1, 0.15) is 0 Å². The van der Waals surface area contributed by atoms with Gasteiger partial charge >= 0.3 is 0 Å². The Bertz CT molecular complexity index is 1310. The summed E-state index contributed by atoms with van der Waals surface area (Å²) in [4.78, 5) is 26.5. The molecule has 0 saturated carbocycles. The summed E-state index contributed by atoms with van der Waals surface area (Å²) >= 11 is 0. The number of fused-ring (bicyclic) bond motifs is 1. The minimum absolute atomic E-state index is 0.193. The zero-order valence-electron chi connectivity index (χ0n) is 17.9. The highest BCUT2D eigenvalue weighted by Crippen LogP contribution is 2.22. The van der Waals surface area contributed by atoms with Crippen LogP contribution in [0.4, 0.5) is 11.4 Å². The molecule has 2 amide bonds. The molecule has 3 N–H and O–H groups in total. The van der Waals surface area contributed by atoms with Crippen molar-refractivity contribution in [2.75, 3.05) is 36.5 Å². The van der Waals surface area contributed by atoms with Crippen LogP contribution in [0, 0.1) is 0 Å². The fraction of sp³-hybridized carbons (Fsp3) is 0.160. The zero-order valence-corrected chi connectivity index (χ0v) is 17.9. The molecule has 0 aliphatic carbocycles. The Morgan fingerprint density at radius 1 is 0.879 bits per heavy atom. The number of rotatable bonds is 5. The average molecular weight is 441 g/mol. The van der Waals surface area contributed by atoms with E-state index in [2.05, 4.69) is 15.3 Å². The maximum atomic E-state index is 12.7. The van der Waals surface area contributed by atoms with Crippen LogP contribution in [-0.4, -0.2) is 47.9 Å². The minimum Gasteiger partial charge on any atom is -0.378 e. The number of nitrogens with two attached hydrogens (primary N) is 1. The lowest BCUT2D eigenvalue weighted by Crippen LogP contribution is -2.36. The Hall–Kier alpha value is -4.17. The van der Waals surface area contributed by atoms with Crippen molar-refractivity contribution in [1.29, 1.82) is 0 Å². The molecule has 2 heterocycles. The van der Waals surface area contributed by atoms with Crippen molar-refractivity contribution >= 4 is 34.1 Å². The van der Waals surface area contributed by atoms with Crippen LogP contribution in [0.25, 0.3) is 16.6 Å². The number of primary amides is 1. The van der Waals surface area contributed by atoms with E-state index in [1.165, 1.54) is 0 Å². The number of nitrogens with one attached hydrogen (secondary N) is 1. The number of aromatic nitrogens is 2. The third kappa shape index (κ3) is 4.28. The molecule has 4 aromatic rings. The average Bonchev–Trinajstić information content (AvgIpc) is 3.28. The summed E-state index contributed by atoms with van der Waals surface area (Å²) < 4.78 is 7.11. The number of nitrogens with zero attached hydrogens (tertiary/aromatic N) is 3. The molecule has 1 aliphatic rings. The normalized spacial score (nSPS) is 13.8. The van der Waals surface area contributed by atoms with Gasteiger partial charge in [-0.2, -0.15) is 5.10 Å². The van der Waals surface area contributed by atoms with Gasteiger partial charge in [-0.05, 0) is 60.7 Å². The fourth-order valence-corrected chi connectivity index (χ4v) is 3.91. The molecule has 5 rings (SSSR count). The first kappa shape index (κ1) is 20.7. The van der Waals surface area contributed by atoms with E-state index in [9.17, 15) is 9.59 Å². The van der Waals surface area contributed by atoms with Gasteiger partial charge in [0.25, 0.3) is 5.91 Å². The number of carbonyl (C=O) groups excluding carboxylic acids is 2. The van der Waals surface area contributed by atoms with Crippen LogP contribution < -0.4 is 16.0 Å². The molecule has 0 atom stereocenters. The predicted molar refractivity (Wildman–Crippen MR) is 127 cm³/mol. The fourth-order valence-electron chi connectivity index (χ4n) is 3.91. The second kappa shape index (κ2) is 8.76. The number of morpholine rings is 1. The lowest BCUT2D eigenvalue weighted by Gasteiger charge is -2.28. The van der Waals surface area contributed by atoms with Crippen LogP contribution in [0.5, 0.6) is 0 Å². The van der Waals surface area contributed by atoms with Gasteiger partial charge in [0.15, 0.2) is 0 Å². The summed E-state index contributed by atoms with van der Waals surface area (Å²) in [6.07, 6.45) is 1.72. The highest BCUT2D eigenvalue weighted by Gasteiger charge is 2.13. The molecule has 1 aliphatic heterocycles. The van der Waals surface area contributed by atoms with Crippen LogP contribution in [0.3, 0.4) is 0 Å². The van der Waals surface area contributed by atoms with Crippen LogP contribution in [0.15, 0.2) is 72.9 Å². The van der Waals surface area contributed by atoms with Gasteiger partial charge in [-0.1, -0.05) is 6.07 Å². The maximum absolute atomic E-state index is 12.7. The summed E-state index contributed by atoms with van der Waals surface area (Å²) in [5.41, 5.74) is 9.75. The number of ether oxygens (including phenoxy) is 1. The SMILES string of the molecule is NC(=O)c1ccc2cnn(-c3ccc(C(=O)Nc4ccc(N5CCOCC5)cc4)cc3)c2c1. The van der Waals surface area contributed by atoms with Crippen LogP contribution in [0.1, 0.15) is 20.7 Å². The molecule has 3 aromatic carbocycles. The van der Waals surface area contributed by atoms with Crippen molar-refractivity contribution in [1.82, 2.24) is 9.78 Å². The highest BCUT2D eigenvalue weighted by molar-refractivity contribution is 6.04. The molecule has 33 heavy (non-hydrogen) atoms. The monoisotopic (exact) mass is 441 g/mol. The molecular formula is C25H23N5O3. The molecule has 166 valence electrons. The van der Waals surface area contributed by atoms with E-state index in [1.54, 1.807) is 35.1 Å². The summed E-state index contributed by atoms with van der Waals surface area (Å²) in [5, 5.41) is 8.23. The van der Waals surface area contributed by atoms with E-state index in [4.69, 9.17) is 10.5 Å². The highest BCUT2D eigenvalue weighted by atomic mass is 16.5. The van der Waals surface area contributed by atoms with Gasteiger partial charge in [-0.15, -0.1) is 0 Å². The number of anilines is 2. The second-order valence-electron chi connectivity index (χ2n) is 7.84. The summed E-state index contributed by atoms with van der Waals surface area (Å²) in [6, 6.07) is 20.2. The van der Waals surface area contributed by atoms with Crippen LogP contribution in [-0.2, 0) is 4.74 Å². The summed E-state index contributed by atoms with van der Waals surface area (Å²) in [7, 11) is 0. The van der Waals surface area contributed by atoms with Crippen molar-refractivity contribution in [3.63, 3.8) is 0 Å².